The monoisotopic (exact) mass is 243 g/mol. The van der Waals surface area contributed by atoms with Gasteiger partial charge in [-0.2, -0.15) is 13.2 Å². The summed E-state index contributed by atoms with van der Waals surface area (Å²) in [6.45, 7) is 2.22. The first-order valence-corrected chi connectivity index (χ1v) is 5.22. The number of aryl methyl sites for hydroxylation is 1. The van der Waals surface area contributed by atoms with Gasteiger partial charge >= 0.3 is 6.18 Å². The van der Waals surface area contributed by atoms with Gasteiger partial charge in [0.25, 0.3) is 0 Å². The first-order chi connectivity index (χ1) is 7.90. The Morgan fingerprint density at radius 3 is 2.65 bits per heavy atom. The fourth-order valence-corrected chi connectivity index (χ4v) is 1.86. The molecule has 0 aliphatic carbocycles. The molecule has 0 unspecified atom stereocenters. The van der Waals surface area contributed by atoms with Crippen molar-refractivity contribution in [1.29, 1.82) is 0 Å². The van der Waals surface area contributed by atoms with Gasteiger partial charge in [0.2, 0.25) is 0 Å². The predicted octanol–water partition coefficient (Wildman–Crippen LogP) is 2.74. The number of halogens is 3. The average Bonchev–Trinajstić information content (AvgIpc) is 2.51. The number of fused-ring (bicyclic) bond motifs is 1. The maximum absolute atomic E-state index is 12.4. The van der Waals surface area contributed by atoms with E-state index in [1.807, 2.05) is 0 Å². The minimum absolute atomic E-state index is 0.0283. The SMILES string of the molecule is CCn1c(CC(F)(F)F)nc2ccc(N)cc21. The van der Waals surface area contributed by atoms with Crippen LogP contribution in [0.15, 0.2) is 18.2 Å². The lowest BCUT2D eigenvalue weighted by Gasteiger charge is -2.08. The maximum Gasteiger partial charge on any atom is 0.396 e. The molecule has 17 heavy (non-hydrogen) atoms. The summed E-state index contributed by atoms with van der Waals surface area (Å²) in [5.41, 5.74) is 7.33. The Balaban J connectivity index is 2.56. The summed E-state index contributed by atoms with van der Waals surface area (Å²) in [4.78, 5) is 4.00. The van der Waals surface area contributed by atoms with Crippen molar-refractivity contribution >= 4 is 16.7 Å². The highest BCUT2D eigenvalue weighted by atomic mass is 19.4. The van der Waals surface area contributed by atoms with Gasteiger partial charge in [0, 0.05) is 12.2 Å². The van der Waals surface area contributed by atoms with Crippen LogP contribution in [0.5, 0.6) is 0 Å². The number of hydrogen-bond acceptors (Lipinski definition) is 2. The molecule has 2 aromatic rings. The van der Waals surface area contributed by atoms with Gasteiger partial charge < -0.3 is 10.3 Å². The van der Waals surface area contributed by atoms with Gasteiger partial charge in [-0.05, 0) is 25.1 Å². The molecule has 0 saturated heterocycles. The third-order valence-electron chi connectivity index (χ3n) is 2.53. The van der Waals surface area contributed by atoms with Crippen molar-refractivity contribution in [2.24, 2.45) is 0 Å². The molecule has 0 atom stereocenters. The molecule has 0 aliphatic rings. The van der Waals surface area contributed by atoms with Gasteiger partial charge in [0.05, 0.1) is 11.0 Å². The molecule has 2 rings (SSSR count). The highest BCUT2D eigenvalue weighted by Crippen LogP contribution is 2.25. The second kappa shape index (κ2) is 3.94. The molecule has 3 nitrogen and oxygen atoms in total. The van der Waals surface area contributed by atoms with Crippen LogP contribution in [-0.2, 0) is 13.0 Å². The molecule has 6 heteroatoms. The standard InChI is InChI=1S/C11H12F3N3/c1-2-17-9-5-7(15)3-4-8(9)16-10(17)6-11(12,13)14/h3-5H,2,6,15H2,1H3. The van der Waals surface area contributed by atoms with E-state index in [9.17, 15) is 13.2 Å². The van der Waals surface area contributed by atoms with Crippen molar-refractivity contribution in [2.75, 3.05) is 5.73 Å². The van der Waals surface area contributed by atoms with E-state index < -0.39 is 12.6 Å². The first-order valence-electron chi connectivity index (χ1n) is 5.22. The van der Waals surface area contributed by atoms with Gasteiger partial charge in [-0.15, -0.1) is 0 Å². The summed E-state index contributed by atoms with van der Waals surface area (Å²) >= 11 is 0. The number of benzene rings is 1. The molecule has 0 radical (unpaired) electrons. The van der Waals surface area contributed by atoms with Gasteiger partial charge in [0.1, 0.15) is 12.2 Å². The molecular formula is C11H12F3N3. The van der Waals surface area contributed by atoms with E-state index in [2.05, 4.69) is 4.98 Å². The van der Waals surface area contributed by atoms with Crippen LogP contribution < -0.4 is 5.73 Å². The number of hydrogen-bond donors (Lipinski definition) is 1. The fourth-order valence-electron chi connectivity index (χ4n) is 1.86. The highest BCUT2D eigenvalue weighted by molar-refractivity contribution is 5.79. The largest absolute Gasteiger partial charge is 0.399 e. The lowest BCUT2D eigenvalue weighted by molar-refractivity contribution is -0.128. The van der Waals surface area contributed by atoms with Gasteiger partial charge in [-0.25, -0.2) is 4.98 Å². The second-order valence-electron chi connectivity index (χ2n) is 3.81. The molecule has 1 aromatic heterocycles. The molecule has 0 aliphatic heterocycles. The van der Waals surface area contributed by atoms with Crippen LogP contribution in [0, 0.1) is 0 Å². The van der Waals surface area contributed by atoms with Crippen molar-refractivity contribution in [3.05, 3.63) is 24.0 Å². The zero-order chi connectivity index (χ0) is 12.6. The third-order valence-corrected chi connectivity index (χ3v) is 2.53. The number of anilines is 1. The van der Waals surface area contributed by atoms with Crippen LogP contribution >= 0.6 is 0 Å². The number of alkyl halides is 3. The van der Waals surface area contributed by atoms with Crippen LogP contribution in [0.1, 0.15) is 12.7 Å². The average molecular weight is 243 g/mol. The van der Waals surface area contributed by atoms with Gasteiger partial charge in [-0.3, -0.25) is 0 Å². The van der Waals surface area contributed by atoms with Gasteiger partial charge in [-0.1, -0.05) is 0 Å². The lowest BCUT2D eigenvalue weighted by atomic mass is 10.3. The number of nitrogen functional groups attached to an aromatic ring is 1. The van der Waals surface area contributed by atoms with Crippen LogP contribution in [-0.4, -0.2) is 15.7 Å². The molecule has 0 saturated carbocycles. The van der Waals surface area contributed by atoms with E-state index in [4.69, 9.17) is 5.73 Å². The highest BCUT2D eigenvalue weighted by Gasteiger charge is 2.30. The Labute approximate surface area is 96.0 Å². The minimum atomic E-state index is -4.25. The van der Waals surface area contributed by atoms with Crippen molar-refractivity contribution in [2.45, 2.75) is 26.1 Å². The maximum atomic E-state index is 12.4. The van der Waals surface area contributed by atoms with Gasteiger partial charge in [0.15, 0.2) is 0 Å². The van der Waals surface area contributed by atoms with Crippen molar-refractivity contribution in [3.8, 4) is 0 Å². The Hall–Kier alpha value is -1.72. The molecule has 1 heterocycles. The topological polar surface area (TPSA) is 43.8 Å². The number of nitrogens with two attached hydrogens (primary N) is 1. The van der Waals surface area contributed by atoms with Crippen molar-refractivity contribution in [1.82, 2.24) is 9.55 Å². The van der Waals surface area contributed by atoms with Crippen LogP contribution in [0.25, 0.3) is 11.0 Å². The fraction of sp³-hybridized carbons (Fsp3) is 0.364. The molecule has 2 N–H and O–H groups in total. The van der Waals surface area contributed by atoms with Crippen molar-refractivity contribution in [3.63, 3.8) is 0 Å². The zero-order valence-electron chi connectivity index (χ0n) is 9.25. The summed E-state index contributed by atoms with van der Waals surface area (Å²) < 4.78 is 38.7. The van der Waals surface area contributed by atoms with E-state index in [1.54, 1.807) is 29.7 Å². The summed E-state index contributed by atoms with van der Waals surface area (Å²) in [6, 6.07) is 4.91. The molecule has 0 fully saturated rings. The Kier molecular flexibility index (Phi) is 2.73. The predicted molar refractivity (Wildman–Crippen MR) is 59.6 cm³/mol. The minimum Gasteiger partial charge on any atom is -0.399 e. The first kappa shape index (κ1) is 11.8. The van der Waals surface area contributed by atoms with Crippen LogP contribution in [0.4, 0.5) is 18.9 Å². The Bertz CT molecular complexity index is 543. The molecule has 0 amide bonds. The number of imidazole rings is 1. The van der Waals surface area contributed by atoms with Crippen LogP contribution in [0.2, 0.25) is 0 Å². The number of rotatable bonds is 2. The van der Waals surface area contributed by atoms with E-state index in [0.717, 1.165) is 0 Å². The molecular weight excluding hydrogens is 231 g/mol. The second-order valence-corrected chi connectivity index (χ2v) is 3.81. The van der Waals surface area contributed by atoms with E-state index in [1.165, 1.54) is 0 Å². The lowest BCUT2D eigenvalue weighted by Crippen LogP contribution is -2.16. The summed E-state index contributed by atoms with van der Waals surface area (Å²) in [7, 11) is 0. The quantitative estimate of drug-likeness (QED) is 0.824. The zero-order valence-corrected chi connectivity index (χ0v) is 9.25. The molecule has 0 spiro atoms. The molecule has 92 valence electrons. The molecule has 1 aromatic carbocycles. The molecule has 0 bridgehead atoms. The van der Waals surface area contributed by atoms with E-state index >= 15 is 0 Å². The normalized spacial score (nSPS) is 12.2. The number of nitrogens with zero attached hydrogens (tertiary/aromatic N) is 2. The van der Waals surface area contributed by atoms with E-state index in [0.29, 0.717) is 23.3 Å². The van der Waals surface area contributed by atoms with E-state index in [-0.39, 0.29) is 5.82 Å². The van der Waals surface area contributed by atoms with Crippen molar-refractivity contribution < 1.29 is 13.2 Å². The number of aromatic nitrogens is 2. The Morgan fingerprint density at radius 2 is 2.06 bits per heavy atom. The summed E-state index contributed by atoms with van der Waals surface area (Å²) in [5.74, 6) is 0.0283. The Morgan fingerprint density at radius 1 is 1.35 bits per heavy atom. The smallest absolute Gasteiger partial charge is 0.396 e. The summed E-state index contributed by atoms with van der Waals surface area (Å²) in [6.07, 6.45) is -5.27. The third kappa shape index (κ3) is 2.35. The summed E-state index contributed by atoms with van der Waals surface area (Å²) in [5, 5.41) is 0. The van der Waals surface area contributed by atoms with Crippen LogP contribution in [0.3, 0.4) is 0 Å².